The standard InChI is InChI=1S/C14H22S.C11H18N2S.C2H4/c1-5-13(6-2)11-15(4)14-9-7-12(3)8-10-14;1-2-3-6-12-9-4-5-10-11(7-9)14-8-13-10;1-2/h7-10,13H,4-6,11H2,1-3H3;8-9,12H,2-7H2,1H3;1-2H2. The number of rotatable bonds is 9. The molecule has 1 aromatic heterocycles. The van der Waals surface area contributed by atoms with Crippen LogP contribution in [-0.4, -0.2) is 29.2 Å². The second-order valence-electron chi connectivity index (χ2n) is 8.12. The molecule has 1 N–H and O–H groups in total. The van der Waals surface area contributed by atoms with Crippen LogP contribution in [0.15, 0.2) is 47.8 Å². The molecule has 0 fully saturated rings. The summed E-state index contributed by atoms with van der Waals surface area (Å²) < 4.78 is 0. The van der Waals surface area contributed by atoms with Gasteiger partial charge in [-0.15, -0.1) is 24.5 Å². The van der Waals surface area contributed by atoms with Gasteiger partial charge in [0.25, 0.3) is 0 Å². The monoisotopic (exact) mass is 460 g/mol. The zero-order chi connectivity index (χ0) is 23.1. The Kier molecular flexibility index (Phi) is 14.7. The summed E-state index contributed by atoms with van der Waals surface area (Å²) in [6, 6.07) is 9.54. The third-order valence-electron chi connectivity index (χ3n) is 5.80. The molecule has 31 heavy (non-hydrogen) atoms. The average molecular weight is 461 g/mol. The molecule has 0 spiro atoms. The molecule has 2 aromatic rings. The van der Waals surface area contributed by atoms with E-state index in [9.17, 15) is 0 Å². The topological polar surface area (TPSA) is 24.9 Å². The predicted molar refractivity (Wildman–Crippen MR) is 145 cm³/mol. The van der Waals surface area contributed by atoms with Gasteiger partial charge in [-0.25, -0.2) is 4.98 Å². The summed E-state index contributed by atoms with van der Waals surface area (Å²) in [6.45, 7) is 16.1. The van der Waals surface area contributed by atoms with Gasteiger partial charge in [-0.1, -0.05) is 63.6 Å². The number of nitrogens with one attached hydrogen (secondary N) is 1. The van der Waals surface area contributed by atoms with Crippen molar-refractivity contribution in [3.63, 3.8) is 0 Å². The second kappa shape index (κ2) is 16.4. The SMILES string of the molecule is C=C.C=S(CC(CC)CC)c1ccc(C)cc1.CCCCNC1CCc2ncsc2C1. The summed E-state index contributed by atoms with van der Waals surface area (Å²) in [4.78, 5) is 7.29. The van der Waals surface area contributed by atoms with E-state index in [2.05, 4.69) is 81.3 Å². The fourth-order valence-electron chi connectivity index (χ4n) is 3.59. The van der Waals surface area contributed by atoms with E-state index in [-0.39, 0.29) is 10.5 Å². The van der Waals surface area contributed by atoms with Gasteiger partial charge in [0.15, 0.2) is 0 Å². The first kappa shape index (κ1) is 27.8. The number of nitrogens with zero attached hydrogens (tertiary/aromatic N) is 1. The number of unbranched alkanes of at least 4 members (excludes halogenated alkanes) is 1. The molecular weight excluding hydrogens is 416 g/mol. The Morgan fingerprint density at radius 3 is 2.45 bits per heavy atom. The molecule has 174 valence electrons. The highest BCUT2D eigenvalue weighted by Crippen LogP contribution is 2.29. The quantitative estimate of drug-likeness (QED) is 0.236. The first-order valence-electron chi connectivity index (χ1n) is 11.8. The number of aryl methyl sites for hydroxylation is 2. The molecule has 3 rings (SSSR count). The van der Waals surface area contributed by atoms with Gasteiger partial charge in [-0.05, 0) is 63.0 Å². The van der Waals surface area contributed by atoms with Gasteiger partial charge in [0.2, 0.25) is 0 Å². The average Bonchev–Trinajstić information content (AvgIpc) is 3.28. The molecule has 1 heterocycles. The van der Waals surface area contributed by atoms with Gasteiger partial charge in [0.05, 0.1) is 11.2 Å². The van der Waals surface area contributed by atoms with E-state index in [0.717, 1.165) is 5.92 Å². The predicted octanol–water partition coefficient (Wildman–Crippen LogP) is 7.68. The van der Waals surface area contributed by atoms with Crippen molar-refractivity contribution in [2.24, 2.45) is 5.92 Å². The number of benzene rings is 1. The van der Waals surface area contributed by atoms with Crippen LogP contribution in [0.2, 0.25) is 0 Å². The minimum absolute atomic E-state index is 0.178. The van der Waals surface area contributed by atoms with Crippen LogP contribution in [0.3, 0.4) is 0 Å². The van der Waals surface area contributed by atoms with Gasteiger partial charge in [0.1, 0.15) is 0 Å². The van der Waals surface area contributed by atoms with Gasteiger partial charge in [-0.2, -0.15) is 10.5 Å². The Morgan fingerprint density at radius 1 is 1.16 bits per heavy atom. The van der Waals surface area contributed by atoms with Crippen molar-refractivity contribution < 1.29 is 0 Å². The first-order valence-corrected chi connectivity index (χ1v) is 14.2. The highest BCUT2D eigenvalue weighted by Gasteiger charge is 2.19. The Labute approximate surface area is 198 Å². The lowest BCUT2D eigenvalue weighted by molar-refractivity contribution is 0.454. The van der Waals surface area contributed by atoms with Crippen LogP contribution in [0.1, 0.15) is 69.0 Å². The third kappa shape index (κ3) is 10.3. The molecule has 0 amide bonds. The van der Waals surface area contributed by atoms with Crippen molar-refractivity contribution in [2.75, 3.05) is 12.3 Å². The van der Waals surface area contributed by atoms with E-state index in [1.54, 1.807) is 0 Å². The highest BCUT2D eigenvalue weighted by molar-refractivity contribution is 8.14. The lowest BCUT2D eigenvalue weighted by Gasteiger charge is -2.22. The van der Waals surface area contributed by atoms with Crippen molar-refractivity contribution in [2.45, 2.75) is 83.6 Å². The lowest BCUT2D eigenvalue weighted by atomic mass is 9.97. The third-order valence-corrected chi connectivity index (χ3v) is 8.51. The molecule has 0 saturated carbocycles. The minimum Gasteiger partial charge on any atom is -0.314 e. The maximum absolute atomic E-state index is 4.38. The Hall–Kier alpha value is -1.23. The zero-order valence-electron chi connectivity index (χ0n) is 20.3. The van der Waals surface area contributed by atoms with Crippen molar-refractivity contribution >= 4 is 27.7 Å². The first-order chi connectivity index (χ1) is 15.1. The molecular formula is C27H44N2S2. The molecule has 0 bridgehead atoms. The summed E-state index contributed by atoms with van der Waals surface area (Å²) in [5.74, 6) is 6.39. The van der Waals surface area contributed by atoms with E-state index in [4.69, 9.17) is 0 Å². The Bertz CT molecular complexity index is 732. The Balaban J connectivity index is 0.000000287. The molecule has 4 heteroatoms. The molecule has 1 aliphatic carbocycles. The van der Waals surface area contributed by atoms with Gasteiger partial charge in [-0.3, -0.25) is 0 Å². The molecule has 0 radical (unpaired) electrons. The van der Waals surface area contributed by atoms with Crippen LogP contribution in [0.5, 0.6) is 0 Å². The summed E-state index contributed by atoms with van der Waals surface area (Å²) in [6.07, 6.45) is 8.77. The molecule has 0 saturated heterocycles. The van der Waals surface area contributed by atoms with E-state index < -0.39 is 0 Å². The summed E-state index contributed by atoms with van der Waals surface area (Å²) in [5.41, 5.74) is 4.67. The van der Waals surface area contributed by atoms with Crippen molar-refractivity contribution in [1.82, 2.24) is 10.3 Å². The molecule has 2 nitrogen and oxygen atoms in total. The summed E-state index contributed by atoms with van der Waals surface area (Å²) in [7, 11) is 0.178. The van der Waals surface area contributed by atoms with Gasteiger partial charge < -0.3 is 5.32 Å². The van der Waals surface area contributed by atoms with E-state index >= 15 is 0 Å². The normalized spacial score (nSPS) is 15.8. The number of thiazole rings is 1. The van der Waals surface area contributed by atoms with Gasteiger partial charge in [0, 0.05) is 15.8 Å². The molecule has 2 unspecified atom stereocenters. The van der Waals surface area contributed by atoms with Crippen molar-refractivity contribution in [3.05, 3.63) is 59.1 Å². The fraction of sp³-hybridized carbons (Fsp3) is 0.556. The van der Waals surface area contributed by atoms with Crippen LogP contribution < -0.4 is 5.32 Å². The van der Waals surface area contributed by atoms with Crippen molar-refractivity contribution in [3.8, 4) is 0 Å². The van der Waals surface area contributed by atoms with Crippen LogP contribution in [0.25, 0.3) is 0 Å². The number of aromatic nitrogens is 1. The van der Waals surface area contributed by atoms with Crippen molar-refractivity contribution in [1.29, 1.82) is 0 Å². The molecule has 1 aliphatic rings. The minimum atomic E-state index is 0.178. The number of fused-ring (bicyclic) bond motifs is 1. The molecule has 0 aliphatic heterocycles. The lowest BCUT2D eigenvalue weighted by Crippen LogP contribution is -2.34. The number of hydrogen-bond acceptors (Lipinski definition) is 3. The van der Waals surface area contributed by atoms with E-state index in [1.165, 1.54) is 78.3 Å². The second-order valence-corrected chi connectivity index (χ2v) is 10.9. The fourth-order valence-corrected chi connectivity index (χ4v) is 6.24. The molecule has 1 aromatic carbocycles. The highest BCUT2D eigenvalue weighted by atomic mass is 32.2. The number of hydrogen-bond donors (Lipinski definition) is 1. The van der Waals surface area contributed by atoms with Crippen LogP contribution in [0.4, 0.5) is 0 Å². The van der Waals surface area contributed by atoms with Crippen LogP contribution >= 0.6 is 21.8 Å². The smallest absolute Gasteiger partial charge is 0.0797 e. The maximum atomic E-state index is 4.38. The summed E-state index contributed by atoms with van der Waals surface area (Å²) >= 11 is 1.82. The van der Waals surface area contributed by atoms with E-state index in [0.29, 0.717) is 6.04 Å². The summed E-state index contributed by atoms with van der Waals surface area (Å²) in [5, 5.41) is 3.63. The van der Waals surface area contributed by atoms with Crippen LogP contribution in [-0.2, 0) is 12.8 Å². The largest absolute Gasteiger partial charge is 0.314 e. The maximum Gasteiger partial charge on any atom is 0.0797 e. The Morgan fingerprint density at radius 2 is 1.84 bits per heavy atom. The van der Waals surface area contributed by atoms with E-state index in [1.807, 2.05) is 16.8 Å². The molecule has 2 atom stereocenters. The van der Waals surface area contributed by atoms with Crippen LogP contribution in [0, 0.1) is 12.8 Å². The van der Waals surface area contributed by atoms with Gasteiger partial charge >= 0.3 is 0 Å². The zero-order valence-corrected chi connectivity index (χ0v) is 21.9.